The number of H-pyrrole nitrogens is 1. The number of nitriles is 1. The number of nitrogens with two attached hydrogens (primary N) is 1. The van der Waals surface area contributed by atoms with Crippen molar-refractivity contribution in [2.24, 2.45) is 0 Å². The zero-order valence-electron chi connectivity index (χ0n) is 14.1. The first-order valence-electron chi connectivity index (χ1n) is 7.49. The van der Waals surface area contributed by atoms with Crippen molar-refractivity contribution in [3.05, 3.63) is 46.8 Å². The highest BCUT2D eigenvalue weighted by molar-refractivity contribution is 5.98. The van der Waals surface area contributed by atoms with Gasteiger partial charge in [0.15, 0.2) is 0 Å². The van der Waals surface area contributed by atoms with Crippen molar-refractivity contribution in [2.75, 3.05) is 20.0 Å². The predicted octanol–water partition coefficient (Wildman–Crippen LogP) is 2.74. The minimum absolute atomic E-state index is 0.339. The van der Waals surface area contributed by atoms with Crippen LogP contribution >= 0.6 is 0 Å². The van der Waals surface area contributed by atoms with E-state index in [9.17, 15) is 5.26 Å². The molecule has 25 heavy (non-hydrogen) atoms. The van der Waals surface area contributed by atoms with Crippen LogP contribution in [0.1, 0.15) is 22.4 Å². The van der Waals surface area contributed by atoms with E-state index in [-0.39, 0.29) is 0 Å². The summed E-state index contributed by atoms with van der Waals surface area (Å²) in [6, 6.07) is 7.53. The van der Waals surface area contributed by atoms with Gasteiger partial charge in [0.1, 0.15) is 23.4 Å². The number of aromatic amines is 1. The molecule has 0 aliphatic heterocycles. The zero-order valence-corrected chi connectivity index (χ0v) is 14.1. The molecule has 0 saturated carbocycles. The highest BCUT2D eigenvalue weighted by Crippen LogP contribution is 2.28. The van der Waals surface area contributed by atoms with E-state index in [1.165, 1.54) is 6.20 Å². The van der Waals surface area contributed by atoms with Crippen molar-refractivity contribution in [3.8, 4) is 29.4 Å². The maximum Gasteiger partial charge on any atom is 0.134 e. The van der Waals surface area contributed by atoms with Gasteiger partial charge >= 0.3 is 0 Å². The van der Waals surface area contributed by atoms with E-state index >= 15 is 0 Å². The number of pyridine rings is 1. The van der Waals surface area contributed by atoms with Gasteiger partial charge in [-0.05, 0) is 19.1 Å². The Morgan fingerprint density at radius 1 is 1.12 bits per heavy atom. The number of ether oxygens (including phenoxy) is 2. The topological polar surface area (TPSA) is 97.0 Å². The highest BCUT2D eigenvalue weighted by atomic mass is 16.5. The third-order valence-corrected chi connectivity index (χ3v) is 3.85. The molecule has 0 atom stereocenters. The van der Waals surface area contributed by atoms with Crippen LogP contribution in [0, 0.1) is 30.1 Å². The highest BCUT2D eigenvalue weighted by Gasteiger charge is 2.14. The molecule has 3 aromatic rings. The van der Waals surface area contributed by atoms with Crippen LogP contribution in [0.3, 0.4) is 0 Å². The second kappa shape index (κ2) is 6.46. The Balaban J connectivity index is 2.16. The molecule has 6 heteroatoms. The fraction of sp³-hybridized carbons (Fsp3) is 0.158. The quantitative estimate of drug-likeness (QED) is 0.703. The molecule has 0 saturated heterocycles. The number of hydrogen-bond donors (Lipinski definition) is 2. The van der Waals surface area contributed by atoms with Gasteiger partial charge in [0.05, 0.1) is 36.2 Å². The summed E-state index contributed by atoms with van der Waals surface area (Å²) in [7, 11) is 3.18. The smallest absolute Gasteiger partial charge is 0.134 e. The lowest BCUT2D eigenvalue weighted by Crippen LogP contribution is -1.93. The number of aromatic nitrogens is 2. The van der Waals surface area contributed by atoms with E-state index in [0.29, 0.717) is 33.8 Å². The van der Waals surface area contributed by atoms with E-state index in [0.717, 1.165) is 16.8 Å². The van der Waals surface area contributed by atoms with E-state index in [2.05, 4.69) is 27.9 Å². The minimum atomic E-state index is 0.339. The van der Waals surface area contributed by atoms with Crippen molar-refractivity contribution < 1.29 is 9.47 Å². The van der Waals surface area contributed by atoms with Crippen molar-refractivity contribution in [3.63, 3.8) is 0 Å². The maximum atomic E-state index is 9.24. The molecule has 0 fully saturated rings. The Morgan fingerprint density at radius 3 is 2.40 bits per heavy atom. The summed E-state index contributed by atoms with van der Waals surface area (Å²) in [5.74, 6) is 7.88. The normalized spacial score (nSPS) is 10.0. The Bertz CT molecular complexity index is 1040. The van der Waals surface area contributed by atoms with E-state index in [1.807, 2.05) is 19.1 Å². The Morgan fingerprint density at radius 2 is 1.80 bits per heavy atom. The summed E-state index contributed by atoms with van der Waals surface area (Å²) in [5, 5.41) is 9.90. The molecule has 6 nitrogen and oxygen atoms in total. The predicted molar refractivity (Wildman–Crippen MR) is 95.5 cm³/mol. The second-order valence-electron chi connectivity index (χ2n) is 5.40. The van der Waals surface area contributed by atoms with Crippen LogP contribution in [0.4, 0.5) is 5.82 Å². The van der Waals surface area contributed by atoms with Crippen molar-refractivity contribution in [1.82, 2.24) is 9.97 Å². The van der Waals surface area contributed by atoms with Gasteiger partial charge in [-0.25, -0.2) is 4.98 Å². The first-order valence-corrected chi connectivity index (χ1v) is 7.49. The molecule has 0 spiro atoms. The van der Waals surface area contributed by atoms with Gasteiger partial charge in [0.2, 0.25) is 0 Å². The van der Waals surface area contributed by atoms with Crippen LogP contribution in [0.5, 0.6) is 11.5 Å². The van der Waals surface area contributed by atoms with Gasteiger partial charge in [-0.1, -0.05) is 11.8 Å². The van der Waals surface area contributed by atoms with Crippen LogP contribution < -0.4 is 15.2 Å². The zero-order chi connectivity index (χ0) is 18.0. The molecule has 0 aliphatic carbocycles. The van der Waals surface area contributed by atoms with Gasteiger partial charge in [-0.3, -0.25) is 0 Å². The molecule has 2 aromatic heterocycles. The number of nitrogens with zero attached hydrogens (tertiary/aromatic N) is 2. The van der Waals surface area contributed by atoms with Crippen LogP contribution in [0.15, 0.2) is 24.4 Å². The summed E-state index contributed by atoms with van der Waals surface area (Å²) < 4.78 is 10.5. The Kier molecular flexibility index (Phi) is 4.20. The molecule has 0 bridgehead atoms. The van der Waals surface area contributed by atoms with Crippen molar-refractivity contribution in [1.29, 1.82) is 5.26 Å². The summed E-state index contributed by atoms with van der Waals surface area (Å²) in [4.78, 5) is 7.26. The maximum absolute atomic E-state index is 9.24. The summed E-state index contributed by atoms with van der Waals surface area (Å²) in [6.07, 6.45) is 1.46. The van der Waals surface area contributed by atoms with E-state index in [4.69, 9.17) is 15.2 Å². The third-order valence-electron chi connectivity index (χ3n) is 3.85. The van der Waals surface area contributed by atoms with Gasteiger partial charge in [0, 0.05) is 23.5 Å². The number of rotatable bonds is 2. The molecule has 0 radical (unpaired) electrons. The third kappa shape index (κ3) is 2.93. The van der Waals surface area contributed by atoms with E-state index < -0.39 is 0 Å². The number of methoxy groups -OCH3 is 2. The molecule has 2 heterocycles. The lowest BCUT2D eigenvalue weighted by atomic mass is 10.1. The minimum Gasteiger partial charge on any atom is -0.497 e. The average molecular weight is 332 g/mol. The number of hydrogen-bond acceptors (Lipinski definition) is 5. The molecule has 0 unspecified atom stereocenters. The summed E-state index contributed by atoms with van der Waals surface area (Å²) in [5.41, 5.74) is 9.38. The molecule has 1 aromatic carbocycles. The van der Waals surface area contributed by atoms with Crippen LogP contribution in [0.25, 0.3) is 10.9 Å². The van der Waals surface area contributed by atoms with Crippen molar-refractivity contribution in [2.45, 2.75) is 6.92 Å². The second-order valence-corrected chi connectivity index (χ2v) is 5.40. The molecule has 3 N–H and O–H groups in total. The van der Waals surface area contributed by atoms with Crippen LogP contribution in [-0.4, -0.2) is 24.2 Å². The Labute approximate surface area is 145 Å². The molecular formula is C19H16N4O2. The molecule has 3 rings (SSSR count). The van der Waals surface area contributed by atoms with Crippen LogP contribution in [0.2, 0.25) is 0 Å². The lowest BCUT2D eigenvalue weighted by molar-refractivity contribution is 0.394. The monoisotopic (exact) mass is 332 g/mol. The van der Waals surface area contributed by atoms with Gasteiger partial charge < -0.3 is 20.2 Å². The summed E-state index contributed by atoms with van der Waals surface area (Å²) in [6.45, 7) is 1.89. The first-order chi connectivity index (χ1) is 12.1. The molecule has 0 aliphatic rings. The average Bonchev–Trinajstić information content (AvgIpc) is 2.97. The van der Waals surface area contributed by atoms with E-state index in [1.54, 1.807) is 20.3 Å². The largest absolute Gasteiger partial charge is 0.497 e. The van der Waals surface area contributed by atoms with Gasteiger partial charge in [-0.2, -0.15) is 5.26 Å². The number of anilines is 1. The SMILES string of the molecule is COc1cc(C#Cc2c(C)[nH]c3c(C#N)cnc(N)c23)cc(OC)c1. The number of nitrogens with one attached hydrogen (secondary N) is 1. The van der Waals surface area contributed by atoms with Crippen LogP contribution in [-0.2, 0) is 0 Å². The molecule has 0 amide bonds. The lowest BCUT2D eigenvalue weighted by Gasteiger charge is -2.04. The Hall–Kier alpha value is -3.64. The van der Waals surface area contributed by atoms with Crippen molar-refractivity contribution >= 4 is 16.7 Å². The molecule has 124 valence electrons. The number of aryl methyl sites for hydroxylation is 1. The standard InChI is InChI=1S/C19H16N4O2/c1-11-16(17-18(23-11)13(9-20)10-22-19(17)21)5-4-12-6-14(24-2)8-15(7-12)25-3/h6-8,10,23H,1-3H3,(H2,21,22). The number of fused-ring (bicyclic) bond motifs is 1. The fourth-order valence-electron chi connectivity index (χ4n) is 2.60. The number of benzene rings is 1. The number of nitrogen functional groups attached to an aromatic ring is 1. The molecular weight excluding hydrogens is 316 g/mol. The summed E-state index contributed by atoms with van der Waals surface area (Å²) >= 11 is 0. The van der Waals surface area contributed by atoms with Gasteiger partial charge in [0.25, 0.3) is 0 Å². The first kappa shape index (κ1) is 16.2. The van der Waals surface area contributed by atoms with Gasteiger partial charge in [-0.15, -0.1) is 0 Å². The fourth-order valence-corrected chi connectivity index (χ4v) is 2.60.